The molecule has 1 aromatic carbocycles. The molecule has 9 heteroatoms. The maximum atomic E-state index is 12.7. The first-order chi connectivity index (χ1) is 12.7. The van der Waals surface area contributed by atoms with Crippen LogP contribution in [0.25, 0.3) is 0 Å². The van der Waals surface area contributed by atoms with Crippen molar-refractivity contribution in [3.63, 3.8) is 0 Å². The van der Waals surface area contributed by atoms with Crippen LogP contribution in [0, 0.1) is 0 Å². The van der Waals surface area contributed by atoms with E-state index in [9.17, 15) is 22.8 Å². The fourth-order valence-electron chi connectivity index (χ4n) is 3.44. The molecule has 3 rings (SSSR count). The largest absolute Gasteiger partial charge is 0.446 e. The van der Waals surface area contributed by atoms with E-state index in [0.29, 0.717) is 12.6 Å². The Bertz CT molecular complexity index is 751. The second-order valence-corrected chi connectivity index (χ2v) is 7.77. The monoisotopic (exact) mass is 399 g/mol. The quantitative estimate of drug-likeness (QED) is 0.425. The SMILES string of the molecule is C=C1C(=O)N(c2ccc(SC(F)(F)F)cc2)C(=O)N1CCC1CCCN1C. The minimum absolute atomic E-state index is 0.00898. The second kappa shape index (κ2) is 7.55. The number of benzene rings is 1. The van der Waals surface area contributed by atoms with Crippen molar-refractivity contribution in [1.29, 1.82) is 0 Å². The zero-order valence-electron chi connectivity index (χ0n) is 14.8. The number of amides is 3. The molecule has 27 heavy (non-hydrogen) atoms. The molecule has 5 nitrogen and oxygen atoms in total. The van der Waals surface area contributed by atoms with Gasteiger partial charge in [0.05, 0.1) is 5.69 Å². The van der Waals surface area contributed by atoms with Crippen LogP contribution >= 0.6 is 11.8 Å². The highest BCUT2D eigenvalue weighted by molar-refractivity contribution is 8.00. The Labute approximate surface area is 159 Å². The fourth-order valence-corrected chi connectivity index (χ4v) is 3.98. The minimum Gasteiger partial charge on any atom is -0.303 e. The molecule has 0 radical (unpaired) electrons. The van der Waals surface area contributed by atoms with E-state index in [0.717, 1.165) is 30.7 Å². The second-order valence-electron chi connectivity index (χ2n) is 6.63. The maximum absolute atomic E-state index is 12.7. The van der Waals surface area contributed by atoms with Crippen molar-refractivity contribution in [3.05, 3.63) is 36.5 Å². The van der Waals surface area contributed by atoms with Crippen LogP contribution < -0.4 is 4.90 Å². The number of urea groups is 1. The fraction of sp³-hybridized carbons (Fsp3) is 0.444. The van der Waals surface area contributed by atoms with Crippen LogP contribution in [0.3, 0.4) is 0 Å². The molecule has 2 aliphatic rings. The number of likely N-dealkylation sites (tertiary alicyclic amines) is 1. The molecule has 0 N–H and O–H groups in total. The summed E-state index contributed by atoms with van der Waals surface area (Å²) in [5, 5.41) is 0. The number of imide groups is 1. The molecular weight excluding hydrogens is 379 g/mol. The van der Waals surface area contributed by atoms with Crippen LogP contribution in [-0.4, -0.2) is 53.4 Å². The summed E-state index contributed by atoms with van der Waals surface area (Å²) in [4.78, 5) is 29.7. The van der Waals surface area contributed by atoms with Gasteiger partial charge in [0, 0.05) is 17.5 Å². The standard InChI is InChI=1S/C18H20F3N3O2S/c1-12-16(25)24(14-5-7-15(8-6-14)27-18(19,20)21)17(26)23(12)11-9-13-4-3-10-22(13)2/h5-8,13H,1,3-4,9-11H2,2H3. The molecular formula is C18H20F3N3O2S. The molecule has 146 valence electrons. The zero-order valence-corrected chi connectivity index (χ0v) is 15.6. The number of rotatable bonds is 5. The zero-order chi connectivity index (χ0) is 19.8. The summed E-state index contributed by atoms with van der Waals surface area (Å²) >= 11 is -0.244. The molecule has 0 aromatic heterocycles. The Kier molecular flexibility index (Phi) is 5.53. The Hall–Kier alpha value is -2.00. The number of alkyl halides is 3. The van der Waals surface area contributed by atoms with E-state index in [-0.39, 0.29) is 28.0 Å². The molecule has 0 spiro atoms. The summed E-state index contributed by atoms with van der Waals surface area (Å²) in [7, 11) is 2.04. The van der Waals surface area contributed by atoms with Crippen LogP contribution in [0.2, 0.25) is 0 Å². The third kappa shape index (κ3) is 4.30. The predicted molar refractivity (Wildman–Crippen MR) is 97.4 cm³/mol. The van der Waals surface area contributed by atoms with E-state index in [1.807, 2.05) is 7.05 Å². The molecule has 2 saturated heterocycles. The van der Waals surface area contributed by atoms with Crippen molar-refractivity contribution < 1.29 is 22.8 Å². The van der Waals surface area contributed by atoms with Gasteiger partial charge in [0.2, 0.25) is 0 Å². The molecule has 0 bridgehead atoms. The van der Waals surface area contributed by atoms with Crippen molar-refractivity contribution >= 4 is 29.4 Å². The van der Waals surface area contributed by atoms with Crippen molar-refractivity contribution in [3.8, 4) is 0 Å². The highest BCUT2D eigenvalue weighted by Gasteiger charge is 2.41. The lowest BCUT2D eigenvalue weighted by molar-refractivity contribution is -0.114. The van der Waals surface area contributed by atoms with Crippen molar-refractivity contribution in [1.82, 2.24) is 9.80 Å². The average Bonchev–Trinajstić information content (AvgIpc) is 3.08. The van der Waals surface area contributed by atoms with Gasteiger partial charge in [0.1, 0.15) is 5.70 Å². The van der Waals surface area contributed by atoms with Crippen molar-refractivity contribution in [2.75, 3.05) is 25.0 Å². The molecule has 2 fully saturated rings. The summed E-state index contributed by atoms with van der Waals surface area (Å²) in [6.45, 7) is 5.13. The molecule has 0 aliphatic carbocycles. The smallest absolute Gasteiger partial charge is 0.303 e. The number of carbonyl (C=O) groups is 2. The molecule has 1 atom stereocenters. The predicted octanol–water partition coefficient (Wildman–Crippen LogP) is 4.07. The number of hydrogen-bond donors (Lipinski definition) is 0. The maximum Gasteiger partial charge on any atom is 0.446 e. The Morgan fingerprint density at radius 3 is 2.44 bits per heavy atom. The van der Waals surface area contributed by atoms with Crippen LogP contribution in [0.15, 0.2) is 41.4 Å². The Balaban J connectivity index is 1.70. The highest BCUT2D eigenvalue weighted by atomic mass is 32.2. The van der Waals surface area contributed by atoms with Crippen molar-refractivity contribution in [2.45, 2.75) is 35.7 Å². The first kappa shape index (κ1) is 19.8. The van der Waals surface area contributed by atoms with Gasteiger partial charge in [0.25, 0.3) is 5.91 Å². The van der Waals surface area contributed by atoms with Crippen LogP contribution in [-0.2, 0) is 4.79 Å². The topological polar surface area (TPSA) is 43.9 Å². The number of nitrogens with zero attached hydrogens (tertiary/aromatic N) is 3. The lowest BCUT2D eigenvalue weighted by Crippen LogP contribution is -2.35. The van der Waals surface area contributed by atoms with Gasteiger partial charge in [-0.3, -0.25) is 9.69 Å². The number of anilines is 1. The van der Waals surface area contributed by atoms with Gasteiger partial charge in [-0.05, 0) is 68.9 Å². The van der Waals surface area contributed by atoms with Gasteiger partial charge in [-0.1, -0.05) is 6.58 Å². The summed E-state index contributed by atoms with van der Waals surface area (Å²) in [6.07, 6.45) is 2.91. The molecule has 0 saturated carbocycles. The van der Waals surface area contributed by atoms with E-state index >= 15 is 0 Å². The molecule has 3 amide bonds. The van der Waals surface area contributed by atoms with E-state index in [4.69, 9.17) is 0 Å². The van der Waals surface area contributed by atoms with Crippen LogP contribution in [0.5, 0.6) is 0 Å². The minimum atomic E-state index is -4.39. The summed E-state index contributed by atoms with van der Waals surface area (Å²) in [6, 6.07) is 5.02. The third-order valence-electron chi connectivity index (χ3n) is 4.88. The van der Waals surface area contributed by atoms with Gasteiger partial charge in [-0.15, -0.1) is 0 Å². The van der Waals surface area contributed by atoms with Gasteiger partial charge < -0.3 is 4.90 Å². The summed E-state index contributed by atoms with van der Waals surface area (Å²) in [5.74, 6) is -0.545. The van der Waals surface area contributed by atoms with E-state index in [1.54, 1.807) is 0 Å². The normalized spacial score (nSPS) is 21.6. The first-order valence-corrected chi connectivity index (χ1v) is 9.40. The third-order valence-corrected chi connectivity index (χ3v) is 5.62. The molecule has 1 aromatic rings. The van der Waals surface area contributed by atoms with Gasteiger partial charge in [-0.25, -0.2) is 9.69 Å². The van der Waals surface area contributed by atoms with Gasteiger partial charge >= 0.3 is 11.5 Å². The lowest BCUT2D eigenvalue weighted by Gasteiger charge is -2.23. The number of thioether (sulfide) groups is 1. The molecule has 1 unspecified atom stereocenters. The van der Waals surface area contributed by atoms with E-state index in [2.05, 4.69) is 11.5 Å². The number of hydrogen-bond acceptors (Lipinski definition) is 4. The summed E-state index contributed by atoms with van der Waals surface area (Å²) in [5.41, 5.74) is -4.06. The average molecular weight is 399 g/mol. The Morgan fingerprint density at radius 2 is 1.89 bits per heavy atom. The first-order valence-electron chi connectivity index (χ1n) is 8.58. The van der Waals surface area contributed by atoms with E-state index < -0.39 is 17.4 Å². The summed E-state index contributed by atoms with van der Waals surface area (Å²) < 4.78 is 37.3. The molecule has 2 aliphatic heterocycles. The highest BCUT2D eigenvalue weighted by Crippen LogP contribution is 2.38. The number of halogens is 3. The van der Waals surface area contributed by atoms with Crippen LogP contribution in [0.4, 0.5) is 23.7 Å². The lowest BCUT2D eigenvalue weighted by atomic mass is 10.1. The Morgan fingerprint density at radius 1 is 1.22 bits per heavy atom. The van der Waals surface area contributed by atoms with Crippen molar-refractivity contribution in [2.24, 2.45) is 0 Å². The van der Waals surface area contributed by atoms with E-state index in [1.165, 1.54) is 29.2 Å². The number of carbonyl (C=O) groups excluding carboxylic acids is 2. The van der Waals surface area contributed by atoms with Crippen LogP contribution in [0.1, 0.15) is 19.3 Å². The molecule has 2 heterocycles. The van der Waals surface area contributed by atoms with Gasteiger partial charge in [0.15, 0.2) is 0 Å². The van der Waals surface area contributed by atoms with Gasteiger partial charge in [-0.2, -0.15) is 13.2 Å².